The zero-order valence-corrected chi connectivity index (χ0v) is 17.7. The summed E-state index contributed by atoms with van der Waals surface area (Å²) in [4.78, 5) is 2.35. The second-order valence-corrected chi connectivity index (χ2v) is 8.49. The summed E-state index contributed by atoms with van der Waals surface area (Å²) in [5, 5.41) is 5.66. The Bertz CT molecular complexity index is 966. The molecule has 0 bridgehead atoms. The molecule has 0 spiro atoms. The summed E-state index contributed by atoms with van der Waals surface area (Å²) in [6, 6.07) is 9.10. The number of halogens is 6. The topological polar surface area (TPSA) is 27.3 Å². The summed E-state index contributed by atoms with van der Waals surface area (Å²) in [6.45, 7) is 1.89. The molecule has 2 aliphatic rings. The number of nitrogens with zero attached hydrogens (tertiary/aromatic N) is 1. The summed E-state index contributed by atoms with van der Waals surface area (Å²) in [7, 11) is 0. The SMILES string of the molecule is FC(F)(F)c1cc(NC(=S)N[C@H]2c3ccccc3C[C@@H]2N2CCCC2)cc(C(F)(F)F)c1. The second-order valence-electron chi connectivity index (χ2n) is 8.08. The Morgan fingerprint density at radius 1 is 0.906 bits per heavy atom. The molecule has 2 N–H and O–H groups in total. The molecule has 1 aliphatic carbocycles. The van der Waals surface area contributed by atoms with E-state index in [1.807, 2.05) is 24.3 Å². The van der Waals surface area contributed by atoms with Crippen LogP contribution < -0.4 is 10.6 Å². The van der Waals surface area contributed by atoms with E-state index in [1.54, 1.807) is 0 Å². The first kappa shape index (κ1) is 22.8. The van der Waals surface area contributed by atoms with Crippen molar-refractivity contribution in [3.05, 3.63) is 64.7 Å². The van der Waals surface area contributed by atoms with Gasteiger partial charge >= 0.3 is 12.4 Å². The molecule has 2 aromatic carbocycles. The van der Waals surface area contributed by atoms with Crippen LogP contribution in [-0.4, -0.2) is 29.1 Å². The average Bonchev–Trinajstić information content (AvgIpc) is 3.35. The van der Waals surface area contributed by atoms with Crippen LogP contribution in [0.4, 0.5) is 32.0 Å². The molecule has 1 saturated heterocycles. The molecule has 10 heteroatoms. The van der Waals surface area contributed by atoms with Crippen LogP contribution in [0.3, 0.4) is 0 Å². The van der Waals surface area contributed by atoms with Crippen molar-refractivity contribution in [3.8, 4) is 0 Å². The van der Waals surface area contributed by atoms with Gasteiger partial charge in [-0.05, 0) is 73.9 Å². The van der Waals surface area contributed by atoms with Crippen LogP contribution in [-0.2, 0) is 18.8 Å². The zero-order valence-electron chi connectivity index (χ0n) is 16.9. The first-order valence-corrected chi connectivity index (χ1v) is 10.6. The standard InChI is InChI=1S/C22H21F6N3S/c23-21(24,25)14-10-15(22(26,27)28)12-16(11-14)29-20(32)30-19-17-6-2-1-5-13(17)9-18(19)31-7-3-4-8-31/h1-2,5-6,10-12,18-19H,3-4,7-9H2,(H2,29,30,32)/t18-,19-/m0/s1. The molecule has 0 unspecified atom stereocenters. The van der Waals surface area contributed by atoms with Crippen molar-refractivity contribution in [1.29, 1.82) is 0 Å². The van der Waals surface area contributed by atoms with Gasteiger partial charge in [0.2, 0.25) is 0 Å². The lowest BCUT2D eigenvalue weighted by Crippen LogP contribution is -2.44. The minimum absolute atomic E-state index is 0.0247. The van der Waals surface area contributed by atoms with Gasteiger partial charge in [-0.3, -0.25) is 4.90 Å². The van der Waals surface area contributed by atoms with E-state index in [9.17, 15) is 26.3 Å². The van der Waals surface area contributed by atoms with Gasteiger partial charge in [-0.15, -0.1) is 0 Å². The van der Waals surface area contributed by atoms with E-state index in [2.05, 4.69) is 15.5 Å². The van der Waals surface area contributed by atoms with Crippen LogP contribution in [0.15, 0.2) is 42.5 Å². The Labute approximate surface area is 186 Å². The molecule has 2 aromatic rings. The molecule has 3 nitrogen and oxygen atoms in total. The van der Waals surface area contributed by atoms with Crippen LogP contribution >= 0.6 is 12.2 Å². The fraction of sp³-hybridized carbons (Fsp3) is 0.409. The molecule has 32 heavy (non-hydrogen) atoms. The van der Waals surface area contributed by atoms with E-state index in [0.717, 1.165) is 43.5 Å². The average molecular weight is 473 g/mol. The molecule has 4 rings (SSSR count). The number of alkyl halides is 6. The van der Waals surface area contributed by atoms with Gasteiger partial charge in [-0.2, -0.15) is 26.3 Å². The molecule has 172 valence electrons. The third kappa shape index (κ3) is 4.85. The Morgan fingerprint density at radius 2 is 1.50 bits per heavy atom. The molecule has 0 aromatic heterocycles. The molecule has 1 fully saturated rings. The van der Waals surface area contributed by atoms with Crippen LogP contribution in [0, 0.1) is 0 Å². The van der Waals surface area contributed by atoms with Crippen molar-refractivity contribution >= 4 is 23.0 Å². The van der Waals surface area contributed by atoms with Gasteiger partial charge in [0.1, 0.15) is 0 Å². The van der Waals surface area contributed by atoms with Gasteiger partial charge in [-0.1, -0.05) is 24.3 Å². The maximum Gasteiger partial charge on any atom is 0.416 e. The summed E-state index contributed by atoms with van der Waals surface area (Å²) < 4.78 is 78.8. The van der Waals surface area contributed by atoms with E-state index in [0.29, 0.717) is 12.1 Å². The summed E-state index contributed by atoms with van der Waals surface area (Å²) in [5.41, 5.74) is -0.956. The summed E-state index contributed by atoms with van der Waals surface area (Å²) >= 11 is 5.30. The molecular weight excluding hydrogens is 452 g/mol. The summed E-state index contributed by atoms with van der Waals surface area (Å²) in [6.07, 6.45) is -6.85. The molecule has 0 saturated carbocycles. The summed E-state index contributed by atoms with van der Waals surface area (Å²) in [5.74, 6) is 0. The monoisotopic (exact) mass is 473 g/mol. The van der Waals surface area contributed by atoms with E-state index in [4.69, 9.17) is 12.2 Å². The highest BCUT2D eigenvalue weighted by Crippen LogP contribution is 2.38. The van der Waals surface area contributed by atoms with Crippen LogP contribution in [0.1, 0.15) is 41.1 Å². The maximum absolute atomic E-state index is 13.1. The number of fused-ring (bicyclic) bond motifs is 1. The lowest BCUT2D eigenvalue weighted by Gasteiger charge is -2.31. The quantitative estimate of drug-likeness (QED) is 0.437. The smallest absolute Gasteiger partial charge is 0.354 e. The number of anilines is 1. The lowest BCUT2D eigenvalue weighted by molar-refractivity contribution is -0.143. The Morgan fingerprint density at radius 3 is 2.09 bits per heavy atom. The zero-order chi connectivity index (χ0) is 23.1. The minimum atomic E-state index is -4.92. The van der Waals surface area contributed by atoms with Crippen molar-refractivity contribution in [2.75, 3.05) is 18.4 Å². The molecule has 0 amide bonds. The Kier molecular flexibility index (Phi) is 6.10. The van der Waals surface area contributed by atoms with Gasteiger partial charge in [0.05, 0.1) is 17.2 Å². The fourth-order valence-corrected chi connectivity index (χ4v) is 4.74. The van der Waals surface area contributed by atoms with Crippen LogP contribution in [0.2, 0.25) is 0 Å². The number of hydrogen-bond acceptors (Lipinski definition) is 2. The predicted molar refractivity (Wildman–Crippen MR) is 113 cm³/mol. The van der Waals surface area contributed by atoms with Gasteiger partial charge in [0.15, 0.2) is 5.11 Å². The van der Waals surface area contributed by atoms with Crippen LogP contribution in [0.5, 0.6) is 0 Å². The highest BCUT2D eigenvalue weighted by Gasteiger charge is 2.39. The Balaban J connectivity index is 1.57. The van der Waals surface area contributed by atoms with Crippen molar-refractivity contribution in [2.45, 2.75) is 43.7 Å². The van der Waals surface area contributed by atoms with E-state index >= 15 is 0 Å². The third-order valence-electron chi connectivity index (χ3n) is 5.95. The number of likely N-dealkylation sites (tertiary alicyclic amines) is 1. The van der Waals surface area contributed by atoms with E-state index in [-0.39, 0.29) is 28.9 Å². The molecule has 2 atom stereocenters. The first-order chi connectivity index (χ1) is 15.0. The van der Waals surface area contributed by atoms with E-state index in [1.165, 1.54) is 0 Å². The number of nitrogens with one attached hydrogen (secondary N) is 2. The minimum Gasteiger partial charge on any atom is -0.354 e. The van der Waals surface area contributed by atoms with Crippen molar-refractivity contribution in [3.63, 3.8) is 0 Å². The third-order valence-corrected chi connectivity index (χ3v) is 6.17. The number of thiocarbonyl (C=S) groups is 1. The highest BCUT2D eigenvalue weighted by molar-refractivity contribution is 7.80. The van der Waals surface area contributed by atoms with Crippen LogP contribution in [0.25, 0.3) is 0 Å². The van der Waals surface area contributed by atoms with Gasteiger partial charge in [0, 0.05) is 11.7 Å². The Hall–Kier alpha value is -2.33. The second kappa shape index (κ2) is 8.55. The van der Waals surface area contributed by atoms with Crippen molar-refractivity contribution < 1.29 is 26.3 Å². The maximum atomic E-state index is 13.1. The van der Waals surface area contributed by atoms with E-state index < -0.39 is 23.5 Å². The predicted octanol–water partition coefficient (Wildman–Crippen LogP) is 5.77. The lowest BCUT2D eigenvalue weighted by atomic mass is 10.1. The normalized spacial score (nSPS) is 21.4. The van der Waals surface area contributed by atoms with Gasteiger partial charge in [-0.25, -0.2) is 0 Å². The fourth-order valence-electron chi connectivity index (χ4n) is 4.50. The first-order valence-electron chi connectivity index (χ1n) is 10.2. The van der Waals surface area contributed by atoms with Gasteiger partial charge in [0.25, 0.3) is 0 Å². The molecular formula is C22H21F6N3S. The molecule has 1 heterocycles. The molecule has 0 radical (unpaired) electrons. The van der Waals surface area contributed by atoms with Crippen molar-refractivity contribution in [2.24, 2.45) is 0 Å². The number of hydrogen-bond donors (Lipinski definition) is 2. The number of rotatable bonds is 3. The van der Waals surface area contributed by atoms with Crippen molar-refractivity contribution in [1.82, 2.24) is 10.2 Å². The van der Waals surface area contributed by atoms with Gasteiger partial charge < -0.3 is 10.6 Å². The largest absolute Gasteiger partial charge is 0.416 e. The highest BCUT2D eigenvalue weighted by atomic mass is 32.1. The number of benzene rings is 2. The molecule has 1 aliphatic heterocycles.